The summed E-state index contributed by atoms with van der Waals surface area (Å²) in [6, 6.07) is 10.7. The highest BCUT2D eigenvalue weighted by atomic mass is 32.1. The summed E-state index contributed by atoms with van der Waals surface area (Å²) in [5.41, 5.74) is 2.65. The summed E-state index contributed by atoms with van der Waals surface area (Å²) in [6.45, 7) is 7.14. The molecule has 1 saturated heterocycles. The summed E-state index contributed by atoms with van der Waals surface area (Å²) in [6.07, 6.45) is 0.958. The van der Waals surface area contributed by atoms with Gasteiger partial charge in [0.1, 0.15) is 17.9 Å². The quantitative estimate of drug-likeness (QED) is 0.557. The molecule has 28 heavy (non-hydrogen) atoms. The number of aromatic nitrogens is 2. The van der Waals surface area contributed by atoms with Gasteiger partial charge in [-0.1, -0.05) is 30.3 Å². The second kappa shape index (κ2) is 7.31. The Morgan fingerprint density at radius 1 is 1.18 bits per heavy atom. The predicted octanol–water partition coefficient (Wildman–Crippen LogP) is -0.539. The number of hydrogen-bond donors (Lipinski definition) is 3. The van der Waals surface area contributed by atoms with Crippen molar-refractivity contribution in [3.05, 3.63) is 56.7 Å². The van der Waals surface area contributed by atoms with Crippen LogP contribution in [-0.2, 0) is 19.5 Å². The molecule has 5 rings (SSSR count). The highest BCUT2D eigenvalue weighted by Gasteiger charge is 2.27. The van der Waals surface area contributed by atoms with Crippen molar-refractivity contribution in [3.8, 4) is 0 Å². The number of H-pyrrole nitrogens is 1. The smallest absolute Gasteiger partial charge is 0.261 e. The zero-order valence-corrected chi connectivity index (χ0v) is 17.1. The third kappa shape index (κ3) is 3.34. The minimum Gasteiger partial charge on any atom is -0.334 e. The van der Waals surface area contributed by atoms with Crippen LogP contribution in [0.3, 0.4) is 0 Å². The molecule has 0 saturated carbocycles. The summed E-state index contributed by atoms with van der Waals surface area (Å²) in [5.74, 6) is 0.747. The Labute approximate surface area is 168 Å². The minimum atomic E-state index is 0.0373. The molecule has 2 aliphatic rings. The third-order valence-corrected chi connectivity index (χ3v) is 7.21. The molecule has 0 aliphatic carbocycles. The summed E-state index contributed by atoms with van der Waals surface area (Å²) in [5, 5.41) is 0.835. The monoisotopic (exact) mass is 397 g/mol. The first-order valence-corrected chi connectivity index (χ1v) is 11.0. The number of anilines is 1. The van der Waals surface area contributed by atoms with E-state index in [9.17, 15) is 4.79 Å². The van der Waals surface area contributed by atoms with Crippen LogP contribution in [0.25, 0.3) is 10.2 Å². The Bertz CT molecular complexity index is 1040. The molecule has 6 nitrogen and oxygen atoms in total. The molecular weight excluding hydrogens is 370 g/mol. The lowest BCUT2D eigenvalue weighted by atomic mass is 10.0. The van der Waals surface area contributed by atoms with Gasteiger partial charge in [0.15, 0.2) is 0 Å². The molecule has 4 heterocycles. The maximum atomic E-state index is 12.9. The molecule has 2 aliphatic heterocycles. The lowest BCUT2D eigenvalue weighted by Gasteiger charge is -2.30. The van der Waals surface area contributed by atoms with E-state index in [0.717, 1.165) is 68.4 Å². The van der Waals surface area contributed by atoms with E-state index in [-0.39, 0.29) is 5.56 Å². The van der Waals surface area contributed by atoms with Gasteiger partial charge < -0.3 is 14.7 Å². The topological polar surface area (TPSA) is 57.9 Å². The summed E-state index contributed by atoms with van der Waals surface area (Å²) in [7, 11) is 2.22. The van der Waals surface area contributed by atoms with Gasteiger partial charge >= 0.3 is 0 Å². The zero-order chi connectivity index (χ0) is 19.1. The van der Waals surface area contributed by atoms with E-state index >= 15 is 0 Å². The first-order valence-electron chi connectivity index (χ1n) is 10.2. The van der Waals surface area contributed by atoms with Crippen molar-refractivity contribution in [1.29, 1.82) is 0 Å². The zero-order valence-electron chi connectivity index (χ0n) is 16.3. The highest BCUT2D eigenvalue weighted by Crippen LogP contribution is 2.30. The van der Waals surface area contributed by atoms with Crippen LogP contribution in [0.5, 0.6) is 0 Å². The molecule has 3 aromatic rings. The van der Waals surface area contributed by atoms with E-state index in [0.29, 0.717) is 0 Å². The molecule has 0 amide bonds. The van der Waals surface area contributed by atoms with Gasteiger partial charge in [-0.05, 0) is 5.56 Å². The van der Waals surface area contributed by atoms with Gasteiger partial charge in [-0.25, -0.2) is 4.98 Å². The first-order chi connectivity index (χ1) is 13.7. The molecular formula is C21H27N5OS+2. The summed E-state index contributed by atoms with van der Waals surface area (Å²) >= 11 is 1.72. The van der Waals surface area contributed by atoms with Gasteiger partial charge in [-0.3, -0.25) is 9.78 Å². The van der Waals surface area contributed by atoms with Crippen molar-refractivity contribution >= 4 is 27.5 Å². The van der Waals surface area contributed by atoms with Crippen LogP contribution in [0.4, 0.5) is 5.95 Å². The van der Waals surface area contributed by atoms with Gasteiger partial charge in [0.05, 0.1) is 50.0 Å². The molecule has 0 spiro atoms. The second-order valence-corrected chi connectivity index (χ2v) is 9.19. The molecule has 1 fully saturated rings. The average Bonchev–Trinajstić information content (AvgIpc) is 3.07. The SMILES string of the molecule is C[NH+]1CCN(c2nc3sc4c(c3c(=O)[nH]2)CC[NH+](Cc2ccccc2)C4)CC1. The fourth-order valence-corrected chi connectivity index (χ4v) is 5.70. The molecule has 2 aromatic heterocycles. The fraction of sp³-hybridized carbons (Fsp3) is 0.429. The van der Waals surface area contributed by atoms with Crippen LogP contribution >= 0.6 is 11.3 Å². The summed E-state index contributed by atoms with van der Waals surface area (Å²) < 4.78 is 0. The van der Waals surface area contributed by atoms with Crippen LogP contribution in [0.2, 0.25) is 0 Å². The second-order valence-electron chi connectivity index (χ2n) is 8.11. The van der Waals surface area contributed by atoms with Crippen molar-refractivity contribution in [2.75, 3.05) is 44.7 Å². The van der Waals surface area contributed by atoms with Crippen molar-refractivity contribution in [3.63, 3.8) is 0 Å². The van der Waals surface area contributed by atoms with Gasteiger partial charge in [-0.2, -0.15) is 0 Å². The van der Waals surface area contributed by atoms with Crippen LogP contribution in [0, 0.1) is 0 Å². The highest BCUT2D eigenvalue weighted by molar-refractivity contribution is 7.18. The number of nitrogens with zero attached hydrogens (tertiary/aromatic N) is 2. The number of nitrogens with one attached hydrogen (secondary N) is 3. The number of hydrogen-bond acceptors (Lipinski definition) is 4. The lowest BCUT2D eigenvalue weighted by Crippen LogP contribution is -3.12. The molecule has 1 atom stereocenters. The van der Waals surface area contributed by atoms with Crippen LogP contribution in [0.15, 0.2) is 35.1 Å². The normalized spacial score (nSPS) is 20.5. The minimum absolute atomic E-state index is 0.0373. The standard InChI is InChI=1S/C21H25N5OS/c1-24-9-11-26(12-10-24)21-22-19(27)18-16-7-8-25(13-15-5-3-2-4-6-15)14-17(16)28-20(18)23-21/h2-6H,7-14H2,1H3,(H,22,23,27)/p+2. The number of quaternary nitrogens is 2. The van der Waals surface area contributed by atoms with Gasteiger partial charge in [0, 0.05) is 12.0 Å². The van der Waals surface area contributed by atoms with Crippen molar-refractivity contribution in [2.45, 2.75) is 19.5 Å². The number of fused-ring (bicyclic) bond motifs is 3. The fourth-order valence-electron chi connectivity index (χ4n) is 4.41. The van der Waals surface area contributed by atoms with Crippen LogP contribution < -0.4 is 20.3 Å². The summed E-state index contributed by atoms with van der Waals surface area (Å²) in [4.78, 5) is 28.4. The van der Waals surface area contributed by atoms with E-state index in [1.165, 1.54) is 20.9 Å². The van der Waals surface area contributed by atoms with E-state index in [1.807, 2.05) is 0 Å². The Morgan fingerprint density at radius 3 is 2.75 bits per heavy atom. The van der Waals surface area contributed by atoms with Gasteiger partial charge in [-0.15, -0.1) is 11.3 Å². The number of likely N-dealkylation sites (N-methyl/N-ethyl adjacent to an activating group) is 1. The van der Waals surface area contributed by atoms with E-state index in [1.54, 1.807) is 16.2 Å². The van der Waals surface area contributed by atoms with Crippen molar-refractivity contribution in [2.24, 2.45) is 0 Å². The molecule has 7 heteroatoms. The van der Waals surface area contributed by atoms with E-state index in [2.05, 4.69) is 47.3 Å². The van der Waals surface area contributed by atoms with Crippen LogP contribution in [-0.4, -0.2) is 49.7 Å². The Hall–Kier alpha value is -2.22. The lowest BCUT2D eigenvalue weighted by molar-refractivity contribution is -0.929. The first kappa shape index (κ1) is 17.8. The van der Waals surface area contributed by atoms with E-state index in [4.69, 9.17) is 4.98 Å². The molecule has 1 aromatic carbocycles. The Kier molecular flexibility index (Phi) is 4.66. The number of thiophene rings is 1. The largest absolute Gasteiger partial charge is 0.334 e. The van der Waals surface area contributed by atoms with Crippen molar-refractivity contribution < 1.29 is 9.80 Å². The number of rotatable bonds is 3. The Balaban J connectivity index is 1.42. The maximum absolute atomic E-state index is 12.9. The third-order valence-electron chi connectivity index (χ3n) is 6.08. The molecule has 3 N–H and O–H groups in total. The molecule has 0 bridgehead atoms. The van der Waals surface area contributed by atoms with Crippen LogP contribution in [0.1, 0.15) is 16.0 Å². The molecule has 1 unspecified atom stereocenters. The number of benzene rings is 1. The maximum Gasteiger partial charge on any atom is 0.261 e. The van der Waals surface area contributed by atoms with Gasteiger partial charge in [0.25, 0.3) is 5.56 Å². The van der Waals surface area contributed by atoms with Crippen molar-refractivity contribution in [1.82, 2.24) is 9.97 Å². The number of piperazine rings is 1. The van der Waals surface area contributed by atoms with E-state index < -0.39 is 0 Å². The number of aromatic amines is 1. The average molecular weight is 398 g/mol. The Morgan fingerprint density at radius 2 is 1.96 bits per heavy atom. The molecule has 0 radical (unpaired) electrons. The predicted molar refractivity (Wildman–Crippen MR) is 112 cm³/mol. The van der Waals surface area contributed by atoms with Gasteiger partial charge in [0.2, 0.25) is 5.95 Å². The molecule has 146 valence electrons.